The summed E-state index contributed by atoms with van der Waals surface area (Å²) in [5.41, 5.74) is 0.924. The van der Waals surface area contributed by atoms with Gasteiger partial charge in [-0.3, -0.25) is 5.32 Å². The molecule has 1 atom stereocenters. The first-order valence-corrected chi connectivity index (χ1v) is 7.28. The minimum absolute atomic E-state index is 0.280. The molecule has 122 valence electrons. The number of hydrogen-bond acceptors (Lipinski definition) is 5. The van der Waals surface area contributed by atoms with E-state index in [0.717, 1.165) is 11.3 Å². The van der Waals surface area contributed by atoms with Crippen LogP contribution in [0.4, 0.5) is 10.6 Å². The van der Waals surface area contributed by atoms with Gasteiger partial charge in [0.1, 0.15) is 17.9 Å². The number of nitrogens with one attached hydrogen (secondary N) is 2. The summed E-state index contributed by atoms with van der Waals surface area (Å²) in [5.74, 6) is 1.22. The molecule has 1 heterocycles. The van der Waals surface area contributed by atoms with Gasteiger partial charge in [-0.25, -0.2) is 14.8 Å². The summed E-state index contributed by atoms with van der Waals surface area (Å²) >= 11 is 0. The van der Waals surface area contributed by atoms with Crippen LogP contribution in [0.1, 0.15) is 18.5 Å². The standard InChI is InChI=1S/C16H20N4O3/c1-3-23-13-6-4-12(5-7-13)14(10-22-2)19-16(21)20-15-8-9-17-11-18-15/h4-9,11,14H,3,10H2,1-2H3,(H2,17,18,19,20,21)/t14-/m1/s1. The third-order valence-corrected chi connectivity index (χ3v) is 3.06. The number of carbonyl (C=O) groups is 1. The number of urea groups is 1. The maximum Gasteiger partial charge on any atom is 0.320 e. The predicted molar refractivity (Wildman–Crippen MR) is 86.4 cm³/mol. The second kappa shape index (κ2) is 8.70. The Morgan fingerprint density at radius 3 is 2.65 bits per heavy atom. The van der Waals surface area contributed by atoms with Crippen LogP contribution >= 0.6 is 0 Å². The van der Waals surface area contributed by atoms with E-state index in [2.05, 4.69) is 20.6 Å². The van der Waals surface area contributed by atoms with Crippen LogP contribution in [0, 0.1) is 0 Å². The molecule has 7 nitrogen and oxygen atoms in total. The van der Waals surface area contributed by atoms with Crippen molar-refractivity contribution >= 4 is 11.8 Å². The summed E-state index contributed by atoms with van der Waals surface area (Å²) in [4.78, 5) is 19.8. The Hall–Kier alpha value is -2.67. The number of ether oxygens (including phenoxy) is 2. The van der Waals surface area contributed by atoms with E-state index in [4.69, 9.17) is 9.47 Å². The molecule has 1 aromatic heterocycles. The molecule has 0 aliphatic carbocycles. The van der Waals surface area contributed by atoms with Crippen molar-refractivity contribution in [1.29, 1.82) is 0 Å². The highest BCUT2D eigenvalue weighted by molar-refractivity contribution is 5.88. The lowest BCUT2D eigenvalue weighted by atomic mass is 10.1. The number of nitrogens with zero attached hydrogens (tertiary/aromatic N) is 2. The van der Waals surface area contributed by atoms with Crippen LogP contribution in [0.3, 0.4) is 0 Å². The first kappa shape index (κ1) is 16.7. The minimum atomic E-state index is -0.361. The van der Waals surface area contributed by atoms with Crippen molar-refractivity contribution in [3.05, 3.63) is 48.4 Å². The minimum Gasteiger partial charge on any atom is -0.494 e. The van der Waals surface area contributed by atoms with Gasteiger partial charge in [-0.2, -0.15) is 0 Å². The van der Waals surface area contributed by atoms with Gasteiger partial charge in [-0.05, 0) is 30.7 Å². The number of benzene rings is 1. The number of aromatic nitrogens is 2. The Balaban J connectivity index is 2.01. The highest BCUT2D eigenvalue weighted by Gasteiger charge is 2.15. The summed E-state index contributed by atoms with van der Waals surface area (Å²) in [6, 6.07) is 8.51. The van der Waals surface area contributed by atoms with Crippen molar-refractivity contribution in [2.45, 2.75) is 13.0 Å². The highest BCUT2D eigenvalue weighted by atomic mass is 16.5. The molecule has 0 aliphatic heterocycles. The van der Waals surface area contributed by atoms with Gasteiger partial charge in [0.2, 0.25) is 0 Å². The maximum atomic E-state index is 12.1. The molecule has 2 amide bonds. The summed E-state index contributed by atoms with van der Waals surface area (Å²) < 4.78 is 10.6. The van der Waals surface area contributed by atoms with E-state index < -0.39 is 0 Å². The zero-order chi connectivity index (χ0) is 16.5. The SMILES string of the molecule is CCOc1ccc([C@@H](COC)NC(=O)Nc2ccncn2)cc1. The largest absolute Gasteiger partial charge is 0.494 e. The summed E-state index contributed by atoms with van der Waals surface area (Å²) in [5, 5.41) is 5.51. The number of amides is 2. The number of hydrogen-bond donors (Lipinski definition) is 2. The van der Waals surface area contributed by atoms with Crippen molar-refractivity contribution in [3.8, 4) is 5.75 Å². The molecule has 23 heavy (non-hydrogen) atoms. The summed E-state index contributed by atoms with van der Waals surface area (Å²) in [6.07, 6.45) is 2.93. The predicted octanol–water partition coefficient (Wildman–Crippen LogP) is 2.38. The molecule has 0 saturated heterocycles. The van der Waals surface area contributed by atoms with Gasteiger partial charge in [0.05, 0.1) is 19.3 Å². The quantitative estimate of drug-likeness (QED) is 0.819. The van der Waals surface area contributed by atoms with Gasteiger partial charge in [0, 0.05) is 13.3 Å². The molecule has 0 saturated carbocycles. The Morgan fingerprint density at radius 1 is 1.26 bits per heavy atom. The van der Waals surface area contributed by atoms with E-state index in [1.807, 2.05) is 31.2 Å². The normalized spacial score (nSPS) is 11.6. The molecule has 1 aromatic carbocycles. The van der Waals surface area contributed by atoms with Gasteiger partial charge in [-0.15, -0.1) is 0 Å². The lowest BCUT2D eigenvalue weighted by Gasteiger charge is -2.19. The monoisotopic (exact) mass is 316 g/mol. The molecule has 2 N–H and O–H groups in total. The summed E-state index contributed by atoms with van der Waals surface area (Å²) in [6.45, 7) is 2.90. The van der Waals surface area contributed by atoms with Crippen molar-refractivity contribution in [1.82, 2.24) is 15.3 Å². The summed E-state index contributed by atoms with van der Waals surface area (Å²) in [7, 11) is 1.59. The van der Waals surface area contributed by atoms with Gasteiger partial charge in [0.25, 0.3) is 0 Å². The zero-order valence-corrected chi connectivity index (χ0v) is 13.2. The van der Waals surface area contributed by atoms with E-state index in [0.29, 0.717) is 19.0 Å². The van der Waals surface area contributed by atoms with Crippen LogP contribution in [0.25, 0.3) is 0 Å². The molecule has 7 heteroatoms. The number of anilines is 1. The number of rotatable bonds is 7. The van der Waals surface area contributed by atoms with Crippen LogP contribution in [0.2, 0.25) is 0 Å². The molecule has 0 bridgehead atoms. The van der Waals surface area contributed by atoms with Crippen LogP contribution < -0.4 is 15.4 Å². The van der Waals surface area contributed by atoms with Crippen molar-refractivity contribution in [3.63, 3.8) is 0 Å². The Labute approximate surface area is 135 Å². The van der Waals surface area contributed by atoms with Crippen LogP contribution in [0.5, 0.6) is 5.75 Å². The molecular weight excluding hydrogens is 296 g/mol. The third kappa shape index (κ3) is 5.23. The molecule has 2 rings (SSSR count). The molecule has 0 aliphatic rings. The first-order chi connectivity index (χ1) is 11.2. The van der Waals surface area contributed by atoms with Crippen molar-refractivity contribution < 1.29 is 14.3 Å². The molecule has 0 spiro atoms. The van der Waals surface area contributed by atoms with Gasteiger partial charge < -0.3 is 14.8 Å². The lowest BCUT2D eigenvalue weighted by molar-refractivity contribution is 0.168. The highest BCUT2D eigenvalue weighted by Crippen LogP contribution is 2.18. The fourth-order valence-electron chi connectivity index (χ4n) is 2.03. The lowest BCUT2D eigenvalue weighted by Crippen LogP contribution is -2.35. The number of methoxy groups -OCH3 is 1. The second-order valence-corrected chi connectivity index (χ2v) is 4.70. The van der Waals surface area contributed by atoms with Crippen LogP contribution in [-0.2, 0) is 4.74 Å². The molecule has 0 fully saturated rings. The molecule has 0 radical (unpaired) electrons. The van der Waals surface area contributed by atoms with E-state index >= 15 is 0 Å². The van der Waals surface area contributed by atoms with Gasteiger partial charge in [-0.1, -0.05) is 12.1 Å². The average Bonchev–Trinajstić information content (AvgIpc) is 2.56. The average molecular weight is 316 g/mol. The van der Waals surface area contributed by atoms with E-state index in [1.54, 1.807) is 19.4 Å². The Morgan fingerprint density at radius 2 is 2.04 bits per heavy atom. The van der Waals surface area contributed by atoms with E-state index in [9.17, 15) is 4.79 Å². The van der Waals surface area contributed by atoms with Crippen molar-refractivity contribution in [2.24, 2.45) is 0 Å². The van der Waals surface area contributed by atoms with Gasteiger partial charge >= 0.3 is 6.03 Å². The topological polar surface area (TPSA) is 85.4 Å². The number of carbonyl (C=O) groups excluding carboxylic acids is 1. The molecule has 0 unspecified atom stereocenters. The fraction of sp³-hybridized carbons (Fsp3) is 0.312. The van der Waals surface area contributed by atoms with E-state index in [1.165, 1.54) is 6.33 Å². The van der Waals surface area contributed by atoms with Crippen LogP contribution in [0.15, 0.2) is 42.9 Å². The smallest absolute Gasteiger partial charge is 0.320 e. The molecule has 2 aromatic rings. The maximum absolute atomic E-state index is 12.1. The van der Waals surface area contributed by atoms with Gasteiger partial charge in [0.15, 0.2) is 0 Å². The van der Waals surface area contributed by atoms with Crippen molar-refractivity contribution in [2.75, 3.05) is 25.6 Å². The third-order valence-electron chi connectivity index (χ3n) is 3.06. The second-order valence-electron chi connectivity index (χ2n) is 4.70. The molecular formula is C16H20N4O3. The Bertz CT molecular complexity index is 604. The Kier molecular flexibility index (Phi) is 6.31. The zero-order valence-electron chi connectivity index (χ0n) is 13.2. The first-order valence-electron chi connectivity index (χ1n) is 7.28. The fourth-order valence-corrected chi connectivity index (χ4v) is 2.03. The van der Waals surface area contributed by atoms with E-state index in [-0.39, 0.29) is 12.1 Å². The van der Waals surface area contributed by atoms with Crippen LogP contribution in [-0.4, -0.2) is 36.3 Å².